The van der Waals surface area contributed by atoms with E-state index in [2.05, 4.69) is 51.6 Å². The van der Waals surface area contributed by atoms with E-state index < -0.39 is 6.04 Å². The molecular formula is C34H44N6O3. The van der Waals surface area contributed by atoms with Gasteiger partial charge in [0.1, 0.15) is 11.8 Å². The number of amides is 2. The number of nitrogens with zero attached hydrogens (tertiary/aromatic N) is 4. The highest BCUT2D eigenvalue weighted by Crippen LogP contribution is 2.34. The van der Waals surface area contributed by atoms with Crippen molar-refractivity contribution in [3.05, 3.63) is 60.2 Å². The molecular weight excluding hydrogens is 540 g/mol. The van der Waals surface area contributed by atoms with Gasteiger partial charge in [-0.05, 0) is 86.4 Å². The molecule has 2 amide bonds. The Morgan fingerprint density at radius 3 is 2.33 bits per heavy atom. The molecule has 2 aromatic carbocycles. The first-order valence-electron chi connectivity index (χ1n) is 15.4. The van der Waals surface area contributed by atoms with Crippen LogP contribution in [-0.4, -0.2) is 75.2 Å². The highest BCUT2D eigenvalue weighted by Gasteiger charge is 2.38. The van der Waals surface area contributed by atoms with Gasteiger partial charge in [0, 0.05) is 23.7 Å². The minimum atomic E-state index is -0.532. The highest BCUT2D eigenvalue weighted by molar-refractivity contribution is 5.89. The van der Waals surface area contributed by atoms with E-state index >= 15 is 0 Å². The first-order valence-corrected chi connectivity index (χ1v) is 15.4. The quantitative estimate of drug-likeness (QED) is 0.364. The minimum Gasteiger partial charge on any atom is -0.507 e. The van der Waals surface area contributed by atoms with Crippen molar-refractivity contribution in [3.8, 4) is 28.1 Å². The Kier molecular flexibility index (Phi) is 9.01. The van der Waals surface area contributed by atoms with Gasteiger partial charge in [-0.3, -0.25) is 14.5 Å². The third kappa shape index (κ3) is 6.99. The van der Waals surface area contributed by atoms with Crippen LogP contribution in [0.25, 0.3) is 22.4 Å². The number of hydrogen-bond acceptors (Lipinski definition) is 7. The zero-order valence-corrected chi connectivity index (χ0v) is 25.7. The zero-order valence-electron chi connectivity index (χ0n) is 25.7. The second-order valence-corrected chi connectivity index (χ2v) is 13.1. The maximum atomic E-state index is 13.3. The van der Waals surface area contributed by atoms with Gasteiger partial charge in [-0.1, -0.05) is 57.2 Å². The van der Waals surface area contributed by atoms with E-state index in [0.29, 0.717) is 29.5 Å². The number of likely N-dealkylation sites (tertiary alicyclic amines) is 2. The Morgan fingerprint density at radius 1 is 1.00 bits per heavy atom. The summed E-state index contributed by atoms with van der Waals surface area (Å²) in [6.45, 7) is 10.8. The molecule has 4 N–H and O–H groups in total. The zero-order chi connectivity index (χ0) is 30.7. The summed E-state index contributed by atoms with van der Waals surface area (Å²) in [5.41, 5.74) is 9.95. The molecule has 2 atom stereocenters. The summed E-state index contributed by atoms with van der Waals surface area (Å²) in [5, 5.41) is 21.6. The number of nitrogens with one attached hydrogen (secondary N) is 1. The van der Waals surface area contributed by atoms with Crippen LogP contribution in [0.15, 0.2) is 54.6 Å². The van der Waals surface area contributed by atoms with E-state index in [1.807, 2.05) is 37.8 Å². The lowest BCUT2D eigenvalue weighted by Crippen LogP contribution is -2.57. The normalized spacial score (nSPS) is 18.9. The van der Waals surface area contributed by atoms with Gasteiger partial charge in [0.2, 0.25) is 11.8 Å². The molecule has 0 aliphatic carbocycles. The molecule has 5 rings (SSSR count). The van der Waals surface area contributed by atoms with E-state index in [4.69, 9.17) is 5.73 Å². The van der Waals surface area contributed by atoms with E-state index in [1.165, 1.54) is 5.56 Å². The van der Waals surface area contributed by atoms with Crippen molar-refractivity contribution in [1.29, 1.82) is 0 Å². The Labute approximate surface area is 254 Å². The van der Waals surface area contributed by atoms with Crippen LogP contribution < -0.4 is 11.1 Å². The van der Waals surface area contributed by atoms with Crippen LogP contribution in [-0.2, 0) is 9.59 Å². The maximum absolute atomic E-state index is 13.3. The monoisotopic (exact) mass is 584 g/mol. The number of nitrogen functional groups attached to an aromatic ring is 1. The summed E-state index contributed by atoms with van der Waals surface area (Å²) < 4.78 is 0. The predicted octanol–water partition coefficient (Wildman–Crippen LogP) is 4.82. The fraction of sp³-hybridized carbons (Fsp3) is 0.471. The molecule has 2 aliphatic heterocycles. The van der Waals surface area contributed by atoms with E-state index in [-0.39, 0.29) is 29.0 Å². The second-order valence-electron chi connectivity index (χ2n) is 13.1. The Morgan fingerprint density at radius 2 is 1.70 bits per heavy atom. The van der Waals surface area contributed by atoms with Crippen LogP contribution in [0, 0.1) is 5.41 Å². The van der Waals surface area contributed by atoms with Gasteiger partial charge >= 0.3 is 0 Å². The largest absolute Gasteiger partial charge is 0.507 e. The predicted molar refractivity (Wildman–Crippen MR) is 169 cm³/mol. The number of para-hydroxylation sites is 1. The van der Waals surface area contributed by atoms with E-state index in [9.17, 15) is 14.7 Å². The topological polar surface area (TPSA) is 125 Å². The van der Waals surface area contributed by atoms with E-state index in [1.54, 1.807) is 18.2 Å². The molecule has 2 fully saturated rings. The van der Waals surface area contributed by atoms with Crippen molar-refractivity contribution in [3.63, 3.8) is 0 Å². The second kappa shape index (κ2) is 12.7. The smallest absolute Gasteiger partial charge is 0.245 e. The molecule has 3 aromatic rings. The van der Waals surface area contributed by atoms with Crippen LogP contribution in [0.3, 0.4) is 0 Å². The molecule has 228 valence electrons. The molecule has 2 aliphatic rings. The molecule has 43 heavy (non-hydrogen) atoms. The number of carbonyl (C=O) groups excluding carboxylic acids is 2. The first-order chi connectivity index (χ1) is 20.5. The molecule has 3 heterocycles. The molecule has 0 radical (unpaired) electrons. The van der Waals surface area contributed by atoms with Gasteiger partial charge in [-0.2, -0.15) is 0 Å². The molecule has 9 heteroatoms. The SMILES string of the molecule is CC1CCCN1C(=O)C(NC(=O)CN1CCC(c2ccc(-c3cc(-c4ccccc4O)nnc3N)cc2)CC1)C(C)(C)C. The average molecular weight is 585 g/mol. The third-order valence-electron chi connectivity index (χ3n) is 8.90. The number of phenolic OH excluding ortho intramolecular Hbond substituents is 1. The number of piperidine rings is 1. The molecule has 2 unspecified atom stereocenters. The van der Waals surface area contributed by atoms with Crippen LogP contribution in [0.4, 0.5) is 5.82 Å². The summed E-state index contributed by atoms with van der Waals surface area (Å²) in [4.78, 5) is 30.5. The molecule has 1 aromatic heterocycles. The van der Waals surface area contributed by atoms with Crippen LogP contribution >= 0.6 is 0 Å². The molecule has 0 saturated carbocycles. The Hall–Kier alpha value is -3.98. The number of hydrogen-bond donors (Lipinski definition) is 3. The van der Waals surface area contributed by atoms with Crippen molar-refractivity contribution in [2.24, 2.45) is 5.41 Å². The summed E-state index contributed by atoms with van der Waals surface area (Å²) in [7, 11) is 0. The molecule has 2 saturated heterocycles. The standard InChI is InChI=1S/C34H44N6O3/c1-22-8-7-17-40(22)33(43)31(34(2,3)4)36-30(42)21-39-18-15-24(16-19-39)23-11-13-25(14-12-23)27-20-28(37-38-32(27)35)26-9-5-6-10-29(26)41/h5-6,9-14,20,22,24,31,41H,7-8,15-19,21H2,1-4H3,(H2,35,38)(H,36,42). The first kappa shape index (κ1) is 30.5. The number of phenols is 1. The van der Waals surface area contributed by atoms with E-state index in [0.717, 1.165) is 56.4 Å². The van der Waals surface area contributed by atoms with Crippen LogP contribution in [0.1, 0.15) is 64.9 Å². The van der Waals surface area contributed by atoms with Crippen molar-refractivity contribution in [1.82, 2.24) is 25.3 Å². The maximum Gasteiger partial charge on any atom is 0.245 e. The van der Waals surface area contributed by atoms with Crippen molar-refractivity contribution >= 4 is 17.6 Å². The lowest BCUT2D eigenvalue weighted by molar-refractivity contribution is -0.140. The van der Waals surface area contributed by atoms with Gasteiger partial charge in [0.25, 0.3) is 0 Å². The summed E-state index contributed by atoms with van der Waals surface area (Å²) in [5.74, 6) is 0.829. The number of benzene rings is 2. The van der Waals surface area contributed by atoms with Crippen molar-refractivity contribution in [2.75, 3.05) is 31.9 Å². The minimum absolute atomic E-state index is 0.0340. The fourth-order valence-electron chi connectivity index (χ4n) is 6.30. The molecule has 0 bridgehead atoms. The van der Waals surface area contributed by atoms with Gasteiger partial charge in [0.05, 0.1) is 12.2 Å². The number of aromatic nitrogens is 2. The lowest BCUT2D eigenvalue weighted by Gasteiger charge is -2.36. The van der Waals surface area contributed by atoms with Gasteiger partial charge in [0.15, 0.2) is 5.82 Å². The van der Waals surface area contributed by atoms with Crippen molar-refractivity contribution < 1.29 is 14.7 Å². The van der Waals surface area contributed by atoms with Gasteiger partial charge in [-0.15, -0.1) is 10.2 Å². The lowest BCUT2D eigenvalue weighted by atomic mass is 9.85. The number of nitrogens with two attached hydrogens (primary N) is 1. The number of carbonyl (C=O) groups is 2. The summed E-state index contributed by atoms with van der Waals surface area (Å²) in [6, 6.07) is 17.0. The Balaban J connectivity index is 1.18. The molecule has 9 nitrogen and oxygen atoms in total. The number of rotatable bonds is 7. The number of aromatic hydroxyl groups is 1. The fourth-order valence-corrected chi connectivity index (χ4v) is 6.30. The van der Waals surface area contributed by atoms with Gasteiger partial charge < -0.3 is 21.1 Å². The molecule has 0 spiro atoms. The third-order valence-corrected chi connectivity index (χ3v) is 8.90. The number of anilines is 1. The van der Waals surface area contributed by atoms with Crippen molar-refractivity contribution in [2.45, 2.75) is 71.4 Å². The van der Waals surface area contributed by atoms with Gasteiger partial charge in [-0.25, -0.2) is 0 Å². The Bertz CT molecular complexity index is 1440. The van der Waals surface area contributed by atoms with Crippen LogP contribution in [0.5, 0.6) is 5.75 Å². The summed E-state index contributed by atoms with van der Waals surface area (Å²) >= 11 is 0. The summed E-state index contributed by atoms with van der Waals surface area (Å²) in [6.07, 6.45) is 3.95. The highest BCUT2D eigenvalue weighted by atomic mass is 16.3. The van der Waals surface area contributed by atoms with Crippen LogP contribution in [0.2, 0.25) is 0 Å². The average Bonchev–Trinajstić information content (AvgIpc) is 3.42.